The van der Waals surface area contributed by atoms with E-state index < -0.39 is 43.7 Å². The van der Waals surface area contributed by atoms with Crippen LogP contribution in [0.15, 0.2) is 77.8 Å². The van der Waals surface area contributed by atoms with E-state index in [1.165, 1.54) is 36.4 Å². The van der Waals surface area contributed by atoms with Gasteiger partial charge in [-0.1, -0.05) is 12.2 Å². The summed E-state index contributed by atoms with van der Waals surface area (Å²) in [6, 6.07) is 10.8. The summed E-state index contributed by atoms with van der Waals surface area (Å²) in [4.78, 5) is 74.5. The van der Waals surface area contributed by atoms with Crippen LogP contribution in [-0.4, -0.2) is 48.6 Å². The molecule has 1 fully saturated rings. The van der Waals surface area contributed by atoms with Gasteiger partial charge in [-0.25, -0.2) is 19.3 Å². The van der Waals surface area contributed by atoms with Gasteiger partial charge in [0.2, 0.25) is 0 Å². The van der Waals surface area contributed by atoms with E-state index in [2.05, 4.69) is 15.6 Å². The van der Waals surface area contributed by atoms with Crippen molar-refractivity contribution in [3.05, 3.63) is 103 Å². The van der Waals surface area contributed by atoms with Crippen LogP contribution >= 0.6 is 12.2 Å². The zero-order valence-electron chi connectivity index (χ0n) is 20.2. The molecule has 0 atom stereocenters. The first kappa shape index (κ1) is 27.9. The van der Waals surface area contributed by atoms with Crippen LogP contribution in [0.1, 0.15) is 0 Å². The smallest absolute Gasteiger partial charge is 0.307 e. The molecule has 41 heavy (non-hydrogen) atoms. The lowest BCUT2D eigenvalue weighted by molar-refractivity contribution is -0.385. The molecule has 3 aromatic rings. The second kappa shape index (κ2) is 11.3. The molecule has 0 radical (unpaired) electrons. The average Bonchev–Trinajstić information content (AvgIpc) is 3.17. The fourth-order valence-corrected chi connectivity index (χ4v) is 3.76. The second-order valence-corrected chi connectivity index (χ2v) is 8.32. The van der Waals surface area contributed by atoms with Crippen molar-refractivity contribution in [3.8, 4) is 0 Å². The first-order valence-corrected chi connectivity index (χ1v) is 11.5. The number of hydrogen-bond acceptors (Lipinski definition) is 10. The molecule has 0 bridgehead atoms. The normalized spacial score (nSPS) is 13.7. The van der Waals surface area contributed by atoms with Gasteiger partial charge >= 0.3 is 18.1 Å². The molecule has 17 nitrogen and oxygen atoms in total. The number of carbonyl (C=O) groups excluding carboxylic acids is 3. The maximum absolute atomic E-state index is 13.4. The highest BCUT2D eigenvalue weighted by Gasteiger charge is 2.45. The third-order valence-electron chi connectivity index (χ3n) is 5.38. The Morgan fingerprint density at radius 2 is 1.12 bits per heavy atom. The highest BCUT2D eigenvalue weighted by atomic mass is 32.1. The summed E-state index contributed by atoms with van der Waals surface area (Å²) < 4.78 is 0. The van der Waals surface area contributed by atoms with E-state index in [9.17, 15) is 44.7 Å². The van der Waals surface area contributed by atoms with Gasteiger partial charge in [-0.15, -0.1) is 0 Å². The van der Waals surface area contributed by atoms with Gasteiger partial charge in [0.05, 0.1) is 20.5 Å². The Morgan fingerprint density at radius 3 is 1.56 bits per heavy atom. The van der Waals surface area contributed by atoms with Crippen molar-refractivity contribution in [1.82, 2.24) is 4.90 Å². The van der Waals surface area contributed by atoms with E-state index in [1.807, 2.05) is 0 Å². The van der Waals surface area contributed by atoms with Crippen molar-refractivity contribution in [2.75, 3.05) is 15.5 Å². The largest absolute Gasteiger partial charge is 0.347 e. The number of nitrogens with one attached hydrogen (secondary N) is 2. The lowest BCUT2D eigenvalue weighted by atomic mass is 10.2. The number of nitro benzene ring substituents is 3. The molecule has 1 aliphatic rings. The number of non-ortho nitro benzene ring substituents is 3. The number of amides is 6. The number of anilines is 3. The predicted molar refractivity (Wildman–Crippen MR) is 147 cm³/mol. The highest BCUT2D eigenvalue weighted by Crippen LogP contribution is 2.27. The topological polar surface area (TPSA) is 224 Å². The lowest BCUT2D eigenvalue weighted by Crippen LogP contribution is -2.40. The van der Waals surface area contributed by atoms with E-state index >= 15 is 0 Å². The highest BCUT2D eigenvalue weighted by molar-refractivity contribution is 7.82. The Labute approximate surface area is 233 Å². The van der Waals surface area contributed by atoms with Crippen molar-refractivity contribution in [2.45, 2.75) is 0 Å². The van der Waals surface area contributed by atoms with Gasteiger partial charge < -0.3 is 10.6 Å². The molecule has 0 saturated carbocycles. The maximum atomic E-state index is 13.4. The SMILES string of the molecule is O=C(/N=C1\C(=S)N(C(=O)Nc2ccc([N+](=O)[O-])cc2)C(=O)N1c1ccc([N+](=O)[O-])cc1)Nc1ccc([N+](=O)[O-])cc1. The van der Waals surface area contributed by atoms with Crippen molar-refractivity contribution < 1.29 is 29.2 Å². The number of amidine groups is 1. The minimum Gasteiger partial charge on any atom is -0.307 e. The van der Waals surface area contributed by atoms with Crippen LogP contribution < -0.4 is 15.5 Å². The number of imide groups is 1. The third-order valence-corrected chi connectivity index (χ3v) is 5.74. The van der Waals surface area contributed by atoms with Gasteiger partial charge in [0.25, 0.3) is 17.1 Å². The second-order valence-electron chi connectivity index (χ2n) is 7.94. The zero-order valence-corrected chi connectivity index (χ0v) is 21.0. The fourth-order valence-electron chi connectivity index (χ4n) is 3.47. The summed E-state index contributed by atoms with van der Waals surface area (Å²) in [7, 11) is 0. The van der Waals surface area contributed by atoms with Crippen LogP contribution in [0.4, 0.5) is 48.5 Å². The number of aliphatic imine (C=N–C) groups is 1. The molecular weight excluding hydrogens is 564 g/mol. The number of hydrogen-bond donors (Lipinski definition) is 2. The van der Waals surface area contributed by atoms with E-state index in [4.69, 9.17) is 12.2 Å². The van der Waals surface area contributed by atoms with Crippen LogP contribution in [0.5, 0.6) is 0 Å². The van der Waals surface area contributed by atoms with Crippen LogP contribution in [-0.2, 0) is 0 Å². The van der Waals surface area contributed by atoms with Crippen LogP contribution in [0.2, 0.25) is 0 Å². The molecule has 0 aliphatic carbocycles. The number of nitro groups is 3. The van der Waals surface area contributed by atoms with E-state index in [-0.39, 0.29) is 34.1 Å². The van der Waals surface area contributed by atoms with Gasteiger partial charge in [0, 0.05) is 47.8 Å². The summed E-state index contributed by atoms with van der Waals surface area (Å²) in [5.41, 5.74) is -0.584. The molecule has 4 rings (SSSR count). The number of nitrogens with zero attached hydrogens (tertiary/aromatic N) is 6. The summed E-state index contributed by atoms with van der Waals surface area (Å²) in [5, 5.41) is 37.5. The van der Waals surface area contributed by atoms with Crippen LogP contribution in [0, 0.1) is 30.3 Å². The van der Waals surface area contributed by atoms with Gasteiger partial charge in [-0.05, 0) is 36.4 Å². The molecule has 1 saturated heterocycles. The third kappa shape index (κ3) is 5.96. The molecule has 206 valence electrons. The van der Waals surface area contributed by atoms with Crippen molar-refractivity contribution in [2.24, 2.45) is 4.99 Å². The van der Waals surface area contributed by atoms with Gasteiger partial charge in [0.1, 0.15) is 0 Å². The standard InChI is InChI=1S/C23H14N8O9S/c32-21(24-13-1-5-16(6-2-13)29(35)36)26-19-20(41)28(22(33)25-14-3-7-17(8-4-14)30(37)38)23(34)27(19)15-9-11-18(12-10-15)31(39)40/h1-12H,(H,24,32)(H,25,33)/b26-19+. The number of rotatable bonds is 6. The zero-order chi connectivity index (χ0) is 29.8. The quantitative estimate of drug-likeness (QED) is 0.230. The Kier molecular flexibility index (Phi) is 7.67. The number of carbonyl (C=O) groups is 3. The Balaban J connectivity index is 1.65. The molecule has 0 aromatic heterocycles. The van der Waals surface area contributed by atoms with Crippen LogP contribution in [0.25, 0.3) is 0 Å². The van der Waals surface area contributed by atoms with Crippen molar-refractivity contribution in [3.63, 3.8) is 0 Å². The summed E-state index contributed by atoms with van der Waals surface area (Å²) >= 11 is 5.28. The fraction of sp³-hybridized carbons (Fsp3) is 0. The molecular formula is C23H14N8O9S. The minimum atomic E-state index is -1.08. The monoisotopic (exact) mass is 578 g/mol. The number of thiocarbonyl (C=S) groups is 1. The molecule has 0 spiro atoms. The molecule has 1 heterocycles. The number of urea groups is 3. The van der Waals surface area contributed by atoms with Gasteiger partial charge in [-0.2, -0.15) is 9.89 Å². The van der Waals surface area contributed by atoms with Gasteiger partial charge in [0.15, 0.2) is 10.8 Å². The Morgan fingerprint density at radius 1 is 0.707 bits per heavy atom. The van der Waals surface area contributed by atoms with Gasteiger partial charge in [-0.3, -0.25) is 30.3 Å². The molecule has 2 N–H and O–H groups in total. The molecule has 1 aliphatic heterocycles. The van der Waals surface area contributed by atoms with E-state index in [1.54, 1.807) is 0 Å². The predicted octanol–water partition coefficient (Wildman–Crippen LogP) is 4.84. The summed E-state index contributed by atoms with van der Waals surface area (Å²) in [6.07, 6.45) is 0. The first-order valence-electron chi connectivity index (χ1n) is 11.1. The molecule has 18 heteroatoms. The maximum Gasteiger partial charge on any atom is 0.347 e. The molecule has 0 unspecified atom stereocenters. The lowest BCUT2D eigenvalue weighted by Gasteiger charge is -2.16. The van der Waals surface area contributed by atoms with Crippen molar-refractivity contribution in [1.29, 1.82) is 0 Å². The van der Waals surface area contributed by atoms with Crippen molar-refractivity contribution >= 4 is 75.3 Å². The first-order chi connectivity index (χ1) is 19.5. The molecule has 3 aromatic carbocycles. The van der Waals surface area contributed by atoms with E-state index in [0.29, 0.717) is 4.90 Å². The Bertz CT molecular complexity index is 1640. The number of benzene rings is 3. The average molecular weight is 578 g/mol. The van der Waals surface area contributed by atoms with E-state index in [0.717, 1.165) is 41.3 Å². The summed E-state index contributed by atoms with van der Waals surface area (Å²) in [5.74, 6) is -0.475. The summed E-state index contributed by atoms with van der Waals surface area (Å²) in [6.45, 7) is 0. The minimum absolute atomic E-state index is 0.0181. The van der Waals surface area contributed by atoms with Crippen LogP contribution in [0.3, 0.4) is 0 Å². The Hall–Kier alpha value is -6.17. The molecule has 6 amide bonds.